The van der Waals surface area contributed by atoms with Gasteiger partial charge in [-0.2, -0.15) is 0 Å². The Morgan fingerprint density at radius 1 is 1.09 bits per heavy atom. The van der Waals surface area contributed by atoms with E-state index in [1.807, 2.05) is 42.5 Å². The molecule has 0 saturated heterocycles. The zero-order valence-corrected chi connectivity index (χ0v) is 13.1. The summed E-state index contributed by atoms with van der Waals surface area (Å²) in [6.45, 7) is 0. The Hall–Kier alpha value is -2.75. The lowest BCUT2D eigenvalue weighted by Gasteiger charge is -2.26. The van der Waals surface area contributed by atoms with E-state index in [0.29, 0.717) is 23.5 Å². The molecule has 1 atom stereocenters. The van der Waals surface area contributed by atoms with Crippen molar-refractivity contribution in [2.45, 2.75) is 12.3 Å². The van der Waals surface area contributed by atoms with Gasteiger partial charge in [0.1, 0.15) is 0 Å². The molecule has 0 spiro atoms. The smallest absolute Gasteiger partial charge is 0.331 e. The summed E-state index contributed by atoms with van der Waals surface area (Å²) in [5, 5.41) is 9.43. The lowest BCUT2D eigenvalue weighted by molar-refractivity contribution is -0.132. The molecule has 0 fully saturated rings. The molecule has 0 saturated carbocycles. The second kappa shape index (κ2) is 6.16. The van der Waals surface area contributed by atoms with Crippen LogP contribution in [0.15, 0.2) is 48.0 Å². The Morgan fingerprint density at radius 3 is 2.35 bits per heavy atom. The maximum absolute atomic E-state index is 11.5. The molecule has 1 N–H and O–H groups in total. The normalized spacial score (nSPS) is 16.3. The maximum atomic E-state index is 11.5. The molecule has 118 valence electrons. The summed E-state index contributed by atoms with van der Waals surface area (Å²) in [6.07, 6.45) is 2.18. The topological polar surface area (TPSA) is 55.8 Å². The first kappa shape index (κ1) is 15.2. The number of carboxylic acids is 1. The Morgan fingerprint density at radius 2 is 1.74 bits per heavy atom. The van der Waals surface area contributed by atoms with E-state index in [2.05, 4.69) is 0 Å². The van der Waals surface area contributed by atoms with Crippen LogP contribution in [-0.2, 0) is 4.79 Å². The number of methoxy groups -OCH3 is 2. The first-order valence-corrected chi connectivity index (χ1v) is 7.38. The lowest BCUT2D eigenvalue weighted by atomic mass is 9.79. The SMILES string of the molecule is COc1cc2c(cc1OC)C(c1ccccc1)CC(C(=O)O)=C2. The van der Waals surface area contributed by atoms with E-state index >= 15 is 0 Å². The Balaban J connectivity index is 2.19. The third kappa shape index (κ3) is 2.80. The second-order valence-electron chi connectivity index (χ2n) is 5.48. The second-order valence-corrected chi connectivity index (χ2v) is 5.48. The largest absolute Gasteiger partial charge is 0.493 e. The van der Waals surface area contributed by atoms with E-state index in [0.717, 1.165) is 16.7 Å². The summed E-state index contributed by atoms with van der Waals surface area (Å²) in [4.78, 5) is 11.5. The highest BCUT2D eigenvalue weighted by Gasteiger charge is 2.27. The number of carboxylic acid groups (broad SMARTS) is 1. The Labute approximate surface area is 135 Å². The molecule has 4 nitrogen and oxygen atoms in total. The minimum atomic E-state index is -0.883. The monoisotopic (exact) mass is 310 g/mol. The molecule has 0 amide bonds. The fraction of sp³-hybridized carbons (Fsp3) is 0.211. The number of aliphatic carboxylic acids is 1. The van der Waals surface area contributed by atoms with Crippen molar-refractivity contribution in [2.24, 2.45) is 0 Å². The summed E-state index contributed by atoms with van der Waals surface area (Å²) < 4.78 is 10.7. The molecule has 0 heterocycles. The van der Waals surface area contributed by atoms with Crippen molar-refractivity contribution < 1.29 is 19.4 Å². The number of rotatable bonds is 4. The summed E-state index contributed by atoms with van der Waals surface area (Å²) >= 11 is 0. The average molecular weight is 310 g/mol. The first-order valence-electron chi connectivity index (χ1n) is 7.38. The minimum Gasteiger partial charge on any atom is -0.493 e. The van der Waals surface area contributed by atoms with Crippen LogP contribution >= 0.6 is 0 Å². The van der Waals surface area contributed by atoms with Crippen LogP contribution in [0.25, 0.3) is 6.08 Å². The number of hydrogen-bond donors (Lipinski definition) is 1. The predicted octanol–water partition coefficient (Wildman–Crippen LogP) is 3.71. The summed E-state index contributed by atoms with van der Waals surface area (Å²) in [7, 11) is 3.17. The molecule has 23 heavy (non-hydrogen) atoms. The molecule has 3 rings (SSSR count). The van der Waals surface area contributed by atoms with Crippen LogP contribution in [0.3, 0.4) is 0 Å². The van der Waals surface area contributed by atoms with E-state index < -0.39 is 5.97 Å². The van der Waals surface area contributed by atoms with Crippen LogP contribution in [0.1, 0.15) is 29.0 Å². The lowest BCUT2D eigenvalue weighted by Crippen LogP contribution is -2.14. The molecule has 4 heteroatoms. The van der Waals surface area contributed by atoms with Crippen LogP contribution in [-0.4, -0.2) is 25.3 Å². The molecule has 0 bridgehead atoms. The van der Waals surface area contributed by atoms with Crippen LogP contribution < -0.4 is 9.47 Å². The van der Waals surface area contributed by atoms with Gasteiger partial charge in [-0.05, 0) is 41.3 Å². The van der Waals surface area contributed by atoms with Gasteiger partial charge in [0.25, 0.3) is 0 Å². The maximum Gasteiger partial charge on any atom is 0.331 e. The van der Waals surface area contributed by atoms with Gasteiger partial charge in [-0.15, -0.1) is 0 Å². The quantitative estimate of drug-likeness (QED) is 0.935. The van der Waals surface area contributed by atoms with Crippen molar-refractivity contribution in [1.29, 1.82) is 0 Å². The highest BCUT2D eigenvalue weighted by atomic mass is 16.5. The van der Waals surface area contributed by atoms with Crippen molar-refractivity contribution in [3.8, 4) is 11.5 Å². The van der Waals surface area contributed by atoms with Gasteiger partial charge in [0.15, 0.2) is 11.5 Å². The molecule has 1 aliphatic rings. The van der Waals surface area contributed by atoms with E-state index in [4.69, 9.17) is 9.47 Å². The van der Waals surface area contributed by atoms with Gasteiger partial charge < -0.3 is 14.6 Å². The zero-order chi connectivity index (χ0) is 16.4. The van der Waals surface area contributed by atoms with E-state index in [1.165, 1.54) is 0 Å². The molecule has 0 aromatic heterocycles. The van der Waals surface area contributed by atoms with Crippen LogP contribution in [0.5, 0.6) is 11.5 Å². The molecule has 2 aromatic rings. The molecular weight excluding hydrogens is 292 g/mol. The molecule has 1 aliphatic carbocycles. The van der Waals surface area contributed by atoms with Gasteiger partial charge in [0.2, 0.25) is 0 Å². The Kier molecular flexibility index (Phi) is 4.06. The van der Waals surface area contributed by atoms with Gasteiger partial charge in [-0.3, -0.25) is 0 Å². The minimum absolute atomic E-state index is 0.0119. The summed E-state index contributed by atoms with van der Waals surface area (Å²) in [6, 6.07) is 13.7. The van der Waals surface area contributed by atoms with Crippen molar-refractivity contribution in [3.05, 3.63) is 64.7 Å². The van der Waals surface area contributed by atoms with Crippen LogP contribution in [0.4, 0.5) is 0 Å². The number of hydrogen-bond acceptors (Lipinski definition) is 3. The number of benzene rings is 2. The molecule has 0 aliphatic heterocycles. The van der Waals surface area contributed by atoms with Gasteiger partial charge in [0, 0.05) is 11.5 Å². The van der Waals surface area contributed by atoms with E-state index in [1.54, 1.807) is 20.3 Å². The average Bonchev–Trinajstić information content (AvgIpc) is 2.60. The third-order valence-electron chi connectivity index (χ3n) is 4.20. The number of ether oxygens (including phenoxy) is 2. The highest BCUT2D eigenvalue weighted by Crippen LogP contribution is 2.43. The summed E-state index contributed by atoms with van der Waals surface area (Å²) in [5.41, 5.74) is 3.41. The van der Waals surface area contributed by atoms with E-state index in [-0.39, 0.29) is 5.92 Å². The van der Waals surface area contributed by atoms with Gasteiger partial charge >= 0.3 is 5.97 Å². The van der Waals surface area contributed by atoms with Crippen LogP contribution in [0, 0.1) is 0 Å². The van der Waals surface area contributed by atoms with Crippen molar-refractivity contribution >= 4 is 12.0 Å². The van der Waals surface area contributed by atoms with Crippen molar-refractivity contribution in [3.63, 3.8) is 0 Å². The zero-order valence-electron chi connectivity index (χ0n) is 13.1. The fourth-order valence-electron chi connectivity index (χ4n) is 3.05. The standard InChI is InChI=1S/C19H18O4/c1-22-17-10-13-8-14(19(20)21)9-15(12-6-4-3-5-7-12)16(13)11-18(17)23-2/h3-8,10-11,15H,9H2,1-2H3,(H,20,21). The van der Waals surface area contributed by atoms with Crippen molar-refractivity contribution in [1.82, 2.24) is 0 Å². The van der Waals surface area contributed by atoms with Gasteiger partial charge in [0.05, 0.1) is 14.2 Å². The Bertz CT molecular complexity index is 762. The van der Waals surface area contributed by atoms with E-state index in [9.17, 15) is 9.90 Å². The number of fused-ring (bicyclic) bond motifs is 1. The predicted molar refractivity (Wildman–Crippen MR) is 88.1 cm³/mol. The highest BCUT2D eigenvalue weighted by molar-refractivity contribution is 5.94. The molecule has 0 radical (unpaired) electrons. The number of carbonyl (C=O) groups is 1. The molecule has 2 aromatic carbocycles. The van der Waals surface area contributed by atoms with Crippen LogP contribution in [0.2, 0.25) is 0 Å². The fourth-order valence-corrected chi connectivity index (χ4v) is 3.05. The third-order valence-corrected chi connectivity index (χ3v) is 4.20. The van der Waals surface area contributed by atoms with Gasteiger partial charge in [-0.25, -0.2) is 4.79 Å². The molecular formula is C19H18O4. The first-order chi connectivity index (χ1) is 11.1. The molecule has 1 unspecified atom stereocenters. The summed E-state index contributed by atoms with van der Waals surface area (Å²) in [5.74, 6) is 0.355. The van der Waals surface area contributed by atoms with Gasteiger partial charge in [-0.1, -0.05) is 30.3 Å². The van der Waals surface area contributed by atoms with Crippen molar-refractivity contribution in [2.75, 3.05) is 14.2 Å².